The van der Waals surface area contributed by atoms with Crippen LogP contribution < -0.4 is 4.74 Å². The van der Waals surface area contributed by atoms with Crippen LogP contribution in [0.2, 0.25) is 0 Å². The summed E-state index contributed by atoms with van der Waals surface area (Å²) in [6.45, 7) is 6.40. The van der Waals surface area contributed by atoms with Gasteiger partial charge in [-0.1, -0.05) is 25.3 Å². The van der Waals surface area contributed by atoms with Gasteiger partial charge in [0, 0.05) is 32.2 Å². The van der Waals surface area contributed by atoms with E-state index >= 15 is 0 Å². The molecule has 0 radical (unpaired) electrons. The zero-order chi connectivity index (χ0) is 18.5. The quantitative estimate of drug-likeness (QED) is 0.735. The van der Waals surface area contributed by atoms with Gasteiger partial charge < -0.3 is 9.64 Å². The van der Waals surface area contributed by atoms with Crippen molar-refractivity contribution < 1.29 is 4.74 Å². The Hall–Kier alpha value is -1.06. The summed E-state index contributed by atoms with van der Waals surface area (Å²) in [4.78, 5) is 5.49. The van der Waals surface area contributed by atoms with Crippen molar-refractivity contribution in [3.8, 4) is 5.75 Å². The van der Waals surface area contributed by atoms with Crippen molar-refractivity contribution in [3.63, 3.8) is 0 Å². The van der Waals surface area contributed by atoms with Gasteiger partial charge in [-0.2, -0.15) is 0 Å². The van der Waals surface area contributed by atoms with Crippen molar-refractivity contribution >= 4 is 0 Å². The first-order chi connectivity index (χ1) is 13.3. The van der Waals surface area contributed by atoms with E-state index in [0.29, 0.717) is 0 Å². The summed E-state index contributed by atoms with van der Waals surface area (Å²) < 4.78 is 5.61. The zero-order valence-corrected chi connectivity index (χ0v) is 17.3. The van der Waals surface area contributed by atoms with Crippen molar-refractivity contribution in [2.24, 2.45) is 0 Å². The Bertz CT molecular complexity index is 601. The van der Waals surface area contributed by atoms with Crippen LogP contribution in [0.25, 0.3) is 0 Å². The Morgan fingerprint density at radius 3 is 2.37 bits per heavy atom. The summed E-state index contributed by atoms with van der Waals surface area (Å²) in [5, 5.41) is 0. The average Bonchev–Trinajstić information content (AvgIpc) is 2.75. The highest BCUT2D eigenvalue weighted by Gasteiger charge is 2.25. The van der Waals surface area contributed by atoms with Gasteiger partial charge >= 0.3 is 0 Å². The molecule has 27 heavy (non-hydrogen) atoms. The van der Waals surface area contributed by atoms with E-state index < -0.39 is 0 Å². The van der Waals surface area contributed by atoms with Crippen LogP contribution in [-0.2, 0) is 19.3 Å². The maximum absolute atomic E-state index is 5.61. The number of methoxy groups -OCH3 is 1. The van der Waals surface area contributed by atoms with E-state index in [1.54, 1.807) is 11.1 Å². The Morgan fingerprint density at radius 1 is 0.889 bits per heavy atom. The highest BCUT2D eigenvalue weighted by atomic mass is 16.5. The summed E-state index contributed by atoms with van der Waals surface area (Å²) in [5.74, 6) is 1.12. The molecule has 0 bridgehead atoms. The van der Waals surface area contributed by atoms with E-state index in [0.717, 1.165) is 11.8 Å². The largest absolute Gasteiger partial charge is 0.496 e. The molecule has 1 aliphatic heterocycles. The monoisotopic (exact) mass is 370 g/mol. The molecule has 1 aromatic carbocycles. The van der Waals surface area contributed by atoms with Gasteiger partial charge in [0.25, 0.3) is 0 Å². The minimum atomic E-state index is 0.895. The van der Waals surface area contributed by atoms with Crippen LogP contribution in [0, 0.1) is 0 Å². The SMILES string of the molecule is COc1ccc(CCCN2CCN(C3CCCCC3)CC2)c2c1CCCC2. The smallest absolute Gasteiger partial charge is 0.122 e. The summed E-state index contributed by atoms with van der Waals surface area (Å²) >= 11 is 0. The number of hydrogen-bond acceptors (Lipinski definition) is 3. The fourth-order valence-corrected chi connectivity index (χ4v) is 5.63. The maximum Gasteiger partial charge on any atom is 0.122 e. The number of piperazine rings is 1. The topological polar surface area (TPSA) is 15.7 Å². The summed E-state index contributed by atoms with van der Waals surface area (Å²) in [6.07, 6.45) is 14.9. The number of nitrogens with zero attached hydrogens (tertiary/aromatic N) is 2. The minimum Gasteiger partial charge on any atom is -0.496 e. The first-order valence-electron chi connectivity index (χ1n) is 11.5. The second-order valence-corrected chi connectivity index (χ2v) is 8.86. The summed E-state index contributed by atoms with van der Waals surface area (Å²) in [6, 6.07) is 5.44. The van der Waals surface area contributed by atoms with Crippen LogP contribution in [0.4, 0.5) is 0 Å². The number of aryl methyl sites for hydroxylation is 1. The van der Waals surface area contributed by atoms with Crippen LogP contribution in [0.3, 0.4) is 0 Å². The van der Waals surface area contributed by atoms with Gasteiger partial charge in [-0.15, -0.1) is 0 Å². The average molecular weight is 371 g/mol. The molecule has 1 aromatic rings. The van der Waals surface area contributed by atoms with Gasteiger partial charge in [-0.25, -0.2) is 0 Å². The normalized spacial score (nSPS) is 22.6. The van der Waals surface area contributed by atoms with Gasteiger partial charge in [-0.3, -0.25) is 4.90 Å². The standard InChI is InChI=1S/C24H38N2O/c1-27-24-14-13-20(22-11-5-6-12-23(22)24)8-7-15-25-16-18-26(19-17-25)21-9-3-2-4-10-21/h13-14,21H,2-12,15-19H2,1H3. The lowest BCUT2D eigenvalue weighted by molar-refractivity contribution is 0.0785. The molecule has 2 fully saturated rings. The summed E-state index contributed by atoms with van der Waals surface area (Å²) in [7, 11) is 1.82. The maximum atomic E-state index is 5.61. The third-order valence-corrected chi connectivity index (χ3v) is 7.23. The fourth-order valence-electron chi connectivity index (χ4n) is 5.63. The summed E-state index contributed by atoms with van der Waals surface area (Å²) in [5.41, 5.74) is 4.71. The lowest BCUT2D eigenvalue weighted by atomic mass is 9.86. The molecule has 3 nitrogen and oxygen atoms in total. The van der Waals surface area contributed by atoms with Gasteiger partial charge in [-0.05, 0) is 80.7 Å². The molecule has 150 valence electrons. The Kier molecular flexibility index (Phi) is 6.73. The third-order valence-electron chi connectivity index (χ3n) is 7.23. The van der Waals surface area contributed by atoms with Crippen molar-refractivity contribution in [2.75, 3.05) is 39.8 Å². The number of ether oxygens (including phenoxy) is 1. The molecule has 0 spiro atoms. The second kappa shape index (κ2) is 9.43. The van der Waals surface area contributed by atoms with Crippen molar-refractivity contribution in [2.45, 2.75) is 76.7 Å². The molecule has 1 saturated heterocycles. The van der Waals surface area contributed by atoms with Crippen LogP contribution in [0.5, 0.6) is 5.75 Å². The molecule has 0 atom stereocenters. The molecule has 3 aliphatic rings. The number of fused-ring (bicyclic) bond motifs is 1. The lowest BCUT2D eigenvalue weighted by Gasteiger charge is -2.40. The molecule has 1 heterocycles. The fraction of sp³-hybridized carbons (Fsp3) is 0.750. The molecular weight excluding hydrogens is 332 g/mol. The second-order valence-electron chi connectivity index (χ2n) is 8.86. The first kappa shape index (κ1) is 19.3. The van der Waals surface area contributed by atoms with Crippen LogP contribution in [-0.4, -0.2) is 55.7 Å². The molecule has 0 amide bonds. The highest BCUT2D eigenvalue weighted by molar-refractivity contribution is 5.46. The molecule has 0 unspecified atom stereocenters. The highest BCUT2D eigenvalue weighted by Crippen LogP contribution is 2.32. The van der Waals surface area contributed by atoms with E-state index in [1.165, 1.54) is 109 Å². The molecule has 0 aromatic heterocycles. The van der Waals surface area contributed by atoms with Crippen LogP contribution in [0.15, 0.2) is 12.1 Å². The number of hydrogen-bond donors (Lipinski definition) is 0. The van der Waals surface area contributed by atoms with E-state index in [4.69, 9.17) is 4.74 Å². The van der Waals surface area contributed by atoms with Crippen molar-refractivity contribution in [1.29, 1.82) is 0 Å². The molecule has 4 rings (SSSR count). The lowest BCUT2D eigenvalue weighted by Crippen LogP contribution is -2.50. The number of rotatable bonds is 6. The van der Waals surface area contributed by atoms with Crippen LogP contribution >= 0.6 is 0 Å². The molecule has 1 saturated carbocycles. The zero-order valence-electron chi connectivity index (χ0n) is 17.3. The predicted molar refractivity (Wildman–Crippen MR) is 113 cm³/mol. The third kappa shape index (κ3) is 4.68. The molecule has 0 N–H and O–H groups in total. The van der Waals surface area contributed by atoms with Gasteiger partial charge in [0.05, 0.1) is 7.11 Å². The van der Waals surface area contributed by atoms with E-state index in [2.05, 4.69) is 21.9 Å². The van der Waals surface area contributed by atoms with E-state index in [9.17, 15) is 0 Å². The Labute approximate surface area is 166 Å². The van der Waals surface area contributed by atoms with Gasteiger partial charge in [0.1, 0.15) is 5.75 Å². The Morgan fingerprint density at radius 2 is 1.63 bits per heavy atom. The van der Waals surface area contributed by atoms with E-state index in [-0.39, 0.29) is 0 Å². The molecule has 3 heteroatoms. The van der Waals surface area contributed by atoms with E-state index in [1.807, 2.05) is 7.11 Å². The van der Waals surface area contributed by atoms with Gasteiger partial charge in [0.2, 0.25) is 0 Å². The van der Waals surface area contributed by atoms with Crippen molar-refractivity contribution in [1.82, 2.24) is 9.80 Å². The van der Waals surface area contributed by atoms with Crippen molar-refractivity contribution in [3.05, 3.63) is 28.8 Å². The first-order valence-corrected chi connectivity index (χ1v) is 11.5. The van der Waals surface area contributed by atoms with Crippen LogP contribution in [0.1, 0.15) is 68.1 Å². The minimum absolute atomic E-state index is 0.895. The Balaban J connectivity index is 1.25. The predicted octanol–water partition coefficient (Wildman–Crippen LogP) is 4.46. The van der Waals surface area contributed by atoms with Gasteiger partial charge in [0.15, 0.2) is 0 Å². The number of benzene rings is 1. The molecule has 2 aliphatic carbocycles. The molecular formula is C24H38N2O.